The molecule has 0 spiro atoms. The zero-order chi connectivity index (χ0) is 22.4. The third-order valence-corrected chi connectivity index (χ3v) is 4.55. The zero-order valence-corrected chi connectivity index (χ0v) is 17.9. The number of carbonyl (C=O) groups is 2. The normalized spacial score (nSPS) is 10.5. The van der Waals surface area contributed by atoms with Crippen LogP contribution in [0.15, 0.2) is 48.5 Å². The SMILES string of the molecule is CCCOc1ccc(-c2nn(-c3ccccc3)c(C(=O)OC)c2C(=O)OC)cc1OC. The summed E-state index contributed by atoms with van der Waals surface area (Å²) < 4.78 is 22.4. The molecule has 0 N–H and O–H groups in total. The summed E-state index contributed by atoms with van der Waals surface area (Å²) in [5.41, 5.74) is 1.38. The van der Waals surface area contributed by atoms with Gasteiger partial charge in [0.2, 0.25) is 0 Å². The van der Waals surface area contributed by atoms with Crippen molar-refractivity contribution in [2.24, 2.45) is 0 Å². The van der Waals surface area contributed by atoms with E-state index in [1.165, 1.54) is 26.0 Å². The molecule has 0 unspecified atom stereocenters. The molecule has 0 fully saturated rings. The minimum atomic E-state index is -0.710. The predicted octanol–water partition coefficient (Wildman–Crippen LogP) is 3.91. The maximum Gasteiger partial charge on any atom is 0.357 e. The molecular formula is C23H24N2O6. The number of methoxy groups -OCH3 is 3. The molecule has 31 heavy (non-hydrogen) atoms. The molecule has 0 bridgehead atoms. The van der Waals surface area contributed by atoms with E-state index in [-0.39, 0.29) is 17.0 Å². The summed E-state index contributed by atoms with van der Waals surface area (Å²) in [6.45, 7) is 2.55. The van der Waals surface area contributed by atoms with E-state index in [0.29, 0.717) is 29.4 Å². The number of hydrogen-bond donors (Lipinski definition) is 0. The Hall–Kier alpha value is -3.81. The minimum absolute atomic E-state index is 0.00230. The summed E-state index contributed by atoms with van der Waals surface area (Å²) >= 11 is 0. The van der Waals surface area contributed by atoms with E-state index in [9.17, 15) is 9.59 Å². The molecule has 162 valence electrons. The Bertz CT molecular complexity index is 1080. The van der Waals surface area contributed by atoms with Gasteiger partial charge in [0, 0.05) is 5.56 Å². The van der Waals surface area contributed by atoms with Crippen molar-refractivity contribution in [2.45, 2.75) is 13.3 Å². The van der Waals surface area contributed by atoms with Crippen LogP contribution in [0.2, 0.25) is 0 Å². The fourth-order valence-corrected chi connectivity index (χ4v) is 3.10. The molecule has 0 saturated heterocycles. The number of ether oxygens (including phenoxy) is 4. The fraction of sp³-hybridized carbons (Fsp3) is 0.261. The van der Waals surface area contributed by atoms with Gasteiger partial charge in [0.1, 0.15) is 11.3 Å². The first-order valence-electron chi connectivity index (χ1n) is 9.71. The van der Waals surface area contributed by atoms with Gasteiger partial charge in [-0.05, 0) is 36.8 Å². The number of rotatable bonds is 8. The van der Waals surface area contributed by atoms with E-state index in [1.807, 2.05) is 13.0 Å². The summed E-state index contributed by atoms with van der Waals surface area (Å²) in [6.07, 6.45) is 0.849. The monoisotopic (exact) mass is 424 g/mol. The summed E-state index contributed by atoms with van der Waals surface area (Å²) in [6, 6.07) is 14.2. The van der Waals surface area contributed by atoms with Crippen molar-refractivity contribution in [3.8, 4) is 28.4 Å². The number of benzene rings is 2. The maximum atomic E-state index is 12.7. The van der Waals surface area contributed by atoms with Crippen molar-refractivity contribution in [3.05, 3.63) is 59.8 Å². The topological polar surface area (TPSA) is 88.9 Å². The van der Waals surface area contributed by atoms with E-state index in [0.717, 1.165) is 6.42 Å². The molecule has 0 atom stereocenters. The number of nitrogens with zero attached hydrogens (tertiary/aromatic N) is 2. The van der Waals surface area contributed by atoms with Crippen molar-refractivity contribution in [3.63, 3.8) is 0 Å². The molecule has 3 aromatic rings. The molecular weight excluding hydrogens is 400 g/mol. The summed E-state index contributed by atoms with van der Waals surface area (Å²) in [5.74, 6) is -0.361. The van der Waals surface area contributed by atoms with E-state index in [2.05, 4.69) is 5.10 Å². The summed E-state index contributed by atoms with van der Waals surface area (Å²) in [5, 5.41) is 4.57. The summed E-state index contributed by atoms with van der Waals surface area (Å²) in [7, 11) is 4.02. The van der Waals surface area contributed by atoms with Crippen LogP contribution in [0.1, 0.15) is 34.2 Å². The Labute approximate surface area is 180 Å². The average molecular weight is 424 g/mol. The molecule has 0 radical (unpaired) electrons. The van der Waals surface area contributed by atoms with Crippen LogP contribution < -0.4 is 9.47 Å². The van der Waals surface area contributed by atoms with Gasteiger partial charge in [-0.3, -0.25) is 0 Å². The predicted molar refractivity (Wildman–Crippen MR) is 114 cm³/mol. The van der Waals surface area contributed by atoms with Crippen LogP contribution in [0.5, 0.6) is 11.5 Å². The first-order chi connectivity index (χ1) is 15.0. The molecule has 3 rings (SSSR count). The molecule has 8 nitrogen and oxygen atoms in total. The lowest BCUT2D eigenvalue weighted by molar-refractivity contribution is 0.0549. The van der Waals surface area contributed by atoms with Crippen molar-refractivity contribution in [1.29, 1.82) is 0 Å². The third kappa shape index (κ3) is 4.37. The molecule has 2 aromatic carbocycles. The first-order valence-corrected chi connectivity index (χ1v) is 9.71. The Morgan fingerprint density at radius 1 is 0.935 bits per heavy atom. The summed E-state index contributed by atoms with van der Waals surface area (Å²) in [4.78, 5) is 25.4. The van der Waals surface area contributed by atoms with Gasteiger partial charge < -0.3 is 18.9 Å². The lowest BCUT2D eigenvalue weighted by Gasteiger charge is -2.11. The number of esters is 2. The van der Waals surface area contributed by atoms with Crippen molar-refractivity contribution in [2.75, 3.05) is 27.9 Å². The average Bonchev–Trinajstić information content (AvgIpc) is 3.22. The van der Waals surface area contributed by atoms with Crippen LogP contribution in [0.25, 0.3) is 16.9 Å². The largest absolute Gasteiger partial charge is 0.493 e. The second-order valence-electron chi connectivity index (χ2n) is 6.52. The molecule has 0 aliphatic rings. The molecule has 0 saturated carbocycles. The van der Waals surface area contributed by atoms with Gasteiger partial charge in [0.25, 0.3) is 0 Å². The fourth-order valence-electron chi connectivity index (χ4n) is 3.10. The smallest absolute Gasteiger partial charge is 0.357 e. The standard InChI is InChI=1S/C23H24N2O6/c1-5-13-31-17-12-11-15(14-18(17)28-2)20-19(22(26)29-3)21(23(27)30-4)25(24-20)16-9-7-6-8-10-16/h6-12,14H,5,13H2,1-4H3. The van der Waals surface area contributed by atoms with Crippen LogP contribution in [-0.4, -0.2) is 49.7 Å². The molecule has 0 amide bonds. The second-order valence-corrected chi connectivity index (χ2v) is 6.52. The van der Waals surface area contributed by atoms with Crippen LogP contribution in [0, 0.1) is 0 Å². The van der Waals surface area contributed by atoms with Gasteiger partial charge >= 0.3 is 11.9 Å². The van der Waals surface area contributed by atoms with Gasteiger partial charge in [0.05, 0.1) is 33.6 Å². The molecule has 1 heterocycles. The van der Waals surface area contributed by atoms with Crippen molar-refractivity contribution < 1.29 is 28.5 Å². The first kappa shape index (κ1) is 21.9. The zero-order valence-electron chi connectivity index (χ0n) is 17.9. The Kier molecular flexibility index (Phi) is 6.92. The highest BCUT2D eigenvalue weighted by Crippen LogP contribution is 2.35. The van der Waals surface area contributed by atoms with Gasteiger partial charge in [-0.2, -0.15) is 5.10 Å². The minimum Gasteiger partial charge on any atom is -0.493 e. The van der Waals surface area contributed by atoms with Crippen molar-refractivity contribution >= 4 is 11.9 Å². The molecule has 0 aliphatic carbocycles. The highest BCUT2D eigenvalue weighted by atomic mass is 16.5. The van der Waals surface area contributed by atoms with E-state index >= 15 is 0 Å². The lowest BCUT2D eigenvalue weighted by atomic mass is 10.0. The highest BCUT2D eigenvalue weighted by molar-refractivity contribution is 6.06. The number of para-hydroxylation sites is 1. The van der Waals surface area contributed by atoms with E-state index in [1.54, 1.807) is 42.5 Å². The van der Waals surface area contributed by atoms with Gasteiger partial charge in [-0.25, -0.2) is 14.3 Å². The van der Waals surface area contributed by atoms with Gasteiger partial charge in [-0.1, -0.05) is 25.1 Å². The van der Waals surface area contributed by atoms with Gasteiger partial charge in [-0.15, -0.1) is 0 Å². The van der Waals surface area contributed by atoms with E-state index in [4.69, 9.17) is 18.9 Å². The molecule has 1 aromatic heterocycles. The molecule has 8 heteroatoms. The van der Waals surface area contributed by atoms with Crippen molar-refractivity contribution in [1.82, 2.24) is 9.78 Å². The van der Waals surface area contributed by atoms with Gasteiger partial charge in [0.15, 0.2) is 17.2 Å². The quantitative estimate of drug-likeness (QED) is 0.507. The third-order valence-electron chi connectivity index (χ3n) is 4.55. The van der Waals surface area contributed by atoms with Crippen LogP contribution in [0.3, 0.4) is 0 Å². The Morgan fingerprint density at radius 3 is 2.26 bits per heavy atom. The lowest BCUT2D eigenvalue weighted by Crippen LogP contribution is -2.15. The Morgan fingerprint density at radius 2 is 1.65 bits per heavy atom. The second kappa shape index (κ2) is 9.80. The number of carbonyl (C=O) groups excluding carboxylic acids is 2. The number of aromatic nitrogens is 2. The number of hydrogen-bond acceptors (Lipinski definition) is 7. The van der Waals surface area contributed by atoms with Crippen LogP contribution in [0.4, 0.5) is 0 Å². The molecule has 0 aliphatic heterocycles. The van der Waals surface area contributed by atoms with E-state index < -0.39 is 11.9 Å². The highest BCUT2D eigenvalue weighted by Gasteiger charge is 2.31. The maximum absolute atomic E-state index is 12.7. The van der Waals surface area contributed by atoms with Crippen LogP contribution >= 0.6 is 0 Å². The Balaban J connectivity index is 2.26. The van der Waals surface area contributed by atoms with Crippen LogP contribution in [-0.2, 0) is 9.47 Å².